The molecule has 3 aromatic rings. The number of benzene rings is 1. The van der Waals surface area contributed by atoms with E-state index in [2.05, 4.69) is 15.5 Å². The summed E-state index contributed by atoms with van der Waals surface area (Å²) in [5.41, 5.74) is 0.886. The molecule has 0 saturated carbocycles. The molecule has 1 amide bonds. The fourth-order valence-corrected chi connectivity index (χ4v) is 2.72. The van der Waals surface area contributed by atoms with Crippen molar-refractivity contribution >= 4 is 23.2 Å². The van der Waals surface area contributed by atoms with Gasteiger partial charge in [-0.15, -0.1) is 0 Å². The second kappa shape index (κ2) is 8.05. The second-order valence-electron chi connectivity index (χ2n) is 6.24. The predicted octanol–water partition coefficient (Wildman–Crippen LogP) is 4.14. The van der Waals surface area contributed by atoms with Gasteiger partial charge in [0.1, 0.15) is 0 Å². The molecule has 1 aromatic carbocycles. The molecule has 0 bridgehead atoms. The number of halogens is 4. The maximum Gasteiger partial charge on any atom is 0.435 e. The van der Waals surface area contributed by atoms with Crippen molar-refractivity contribution in [2.24, 2.45) is 0 Å². The Morgan fingerprint density at radius 3 is 2.61 bits per heavy atom. The van der Waals surface area contributed by atoms with Crippen molar-refractivity contribution in [3.63, 3.8) is 0 Å². The Hall–Kier alpha value is -2.81. The molecule has 0 radical (unpaired) electrons. The van der Waals surface area contributed by atoms with E-state index in [0.717, 1.165) is 11.6 Å². The second-order valence-corrected chi connectivity index (χ2v) is 6.68. The summed E-state index contributed by atoms with van der Waals surface area (Å²) in [6.07, 6.45) is -1.33. The average Bonchev–Trinajstić information content (AvgIpc) is 3.21. The van der Waals surface area contributed by atoms with Crippen LogP contribution >= 0.6 is 11.6 Å². The van der Waals surface area contributed by atoms with Crippen LogP contribution in [0.4, 0.5) is 18.9 Å². The van der Waals surface area contributed by atoms with Gasteiger partial charge in [-0.25, -0.2) is 0 Å². The van der Waals surface area contributed by atoms with Gasteiger partial charge in [-0.05, 0) is 30.7 Å². The van der Waals surface area contributed by atoms with Crippen LogP contribution < -0.4 is 5.32 Å². The normalized spacial score (nSPS) is 11.6. The molecule has 2 aromatic heterocycles. The molecule has 0 fully saturated rings. The van der Waals surface area contributed by atoms with Gasteiger partial charge in [0.2, 0.25) is 5.91 Å². The zero-order chi connectivity index (χ0) is 20.3. The summed E-state index contributed by atoms with van der Waals surface area (Å²) in [5.74, 6) is -0.338. The molecule has 2 heterocycles. The maximum absolute atomic E-state index is 12.7. The molecule has 0 spiro atoms. The summed E-state index contributed by atoms with van der Waals surface area (Å²) < 4.78 is 40.9. The Labute approximate surface area is 163 Å². The first kappa shape index (κ1) is 19.9. The molecule has 0 aliphatic heterocycles. The smallest absolute Gasteiger partial charge is 0.323 e. The van der Waals surface area contributed by atoms with Gasteiger partial charge in [-0.3, -0.25) is 14.2 Å². The summed E-state index contributed by atoms with van der Waals surface area (Å²) in [6, 6.07) is 8.28. The van der Waals surface area contributed by atoms with Gasteiger partial charge in [0, 0.05) is 29.9 Å². The minimum Gasteiger partial charge on any atom is -0.323 e. The molecule has 0 aliphatic carbocycles. The molecule has 0 unspecified atom stereocenters. The molecule has 1 N–H and O–H groups in total. The van der Waals surface area contributed by atoms with Gasteiger partial charge >= 0.3 is 6.18 Å². The Bertz CT molecular complexity index is 963. The molecule has 6 nitrogen and oxygen atoms in total. The molecule has 0 atom stereocenters. The van der Waals surface area contributed by atoms with Crippen molar-refractivity contribution in [3.8, 4) is 0 Å². The fourth-order valence-electron chi connectivity index (χ4n) is 2.60. The number of nitrogens with one attached hydrogen (secondary N) is 1. The first-order valence-corrected chi connectivity index (χ1v) is 8.77. The van der Waals surface area contributed by atoms with Gasteiger partial charge in [0.05, 0.1) is 18.4 Å². The van der Waals surface area contributed by atoms with Crippen LogP contribution in [0.1, 0.15) is 23.4 Å². The molecular weight excluding hydrogens is 395 g/mol. The van der Waals surface area contributed by atoms with Crippen LogP contribution in [-0.2, 0) is 24.1 Å². The topological polar surface area (TPSA) is 64.7 Å². The molecule has 3 rings (SSSR count). The number of hydrogen-bond acceptors (Lipinski definition) is 3. The minimum atomic E-state index is -4.50. The van der Waals surface area contributed by atoms with Gasteiger partial charge in [0.25, 0.3) is 0 Å². The van der Waals surface area contributed by atoms with Crippen LogP contribution in [0.25, 0.3) is 0 Å². The lowest BCUT2D eigenvalue weighted by molar-refractivity contribution is -0.141. The van der Waals surface area contributed by atoms with Crippen molar-refractivity contribution in [1.82, 2.24) is 19.6 Å². The number of carbonyl (C=O) groups excluding carboxylic acids is 1. The summed E-state index contributed by atoms with van der Waals surface area (Å²) in [6.45, 7) is 2.08. The third-order valence-corrected chi connectivity index (χ3v) is 4.25. The number of anilines is 1. The minimum absolute atomic E-state index is 0.0117. The first-order chi connectivity index (χ1) is 13.2. The van der Waals surface area contributed by atoms with Crippen molar-refractivity contribution < 1.29 is 18.0 Å². The van der Waals surface area contributed by atoms with E-state index in [-0.39, 0.29) is 18.9 Å². The van der Waals surface area contributed by atoms with Crippen LogP contribution in [0.2, 0.25) is 5.02 Å². The number of rotatable bonds is 6. The van der Waals surface area contributed by atoms with E-state index in [4.69, 9.17) is 11.6 Å². The highest BCUT2D eigenvalue weighted by Gasteiger charge is 2.34. The average molecular weight is 412 g/mol. The molecule has 148 valence electrons. The molecular formula is C18H17ClF3N5O. The molecule has 0 aliphatic rings. The van der Waals surface area contributed by atoms with Gasteiger partial charge in [-0.2, -0.15) is 23.4 Å². The maximum atomic E-state index is 12.7. The highest BCUT2D eigenvalue weighted by molar-refractivity contribution is 6.30. The molecule has 0 saturated heterocycles. The summed E-state index contributed by atoms with van der Waals surface area (Å²) in [4.78, 5) is 12.1. The van der Waals surface area contributed by atoms with Crippen LogP contribution in [0.15, 0.2) is 42.7 Å². The summed E-state index contributed by atoms with van der Waals surface area (Å²) in [7, 11) is 0. The SMILES string of the molecule is Cc1cc(C(F)(F)F)nn1CCC(=O)Nc1cnn(Cc2ccc(Cl)cc2)c1. The van der Waals surface area contributed by atoms with E-state index in [0.29, 0.717) is 22.9 Å². The van der Waals surface area contributed by atoms with Gasteiger partial charge in [-0.1, -0.05) is 23.7 Å². The third kappa shape index (κ3) is 5.13. The third-order valence-electron chi connectivity index (χ3n) is 4.00. The van der Waals surface area contributed by atoms with Crippen molar-refractivity contribution in [3.05, 3.63) is 64.7 Å². The number of carbonyl (C=O) groups is 1. The van der Waals surface area contributed by atoms with E-state index >= 15 is 0 Å². The number of alkyl halides is 3. The quantitative estimate of drug-likeness (QED) is 0.663. The van der Waals surface area contributed by atoms with Gasteiger partial charge in [0.15, 0.2) is 5.69 Å². The van der Waals surface area contributed by atoms with Crippen molar-refractivity contribution in [1.29, 1.82) is 0 Å². The Morgan fingerprint density at radius 2 is 1.96 bits per heavy atom. The lowest BCUT2D eigenvalue weighted by Gasteiger charge is -2.05. The number of hydrogen-bond donors (Lipinski definition) is 1. The van der Waals surface area contributed by atoms with Crippen LogP contribution in [0.3, 0.4) is 0 Å². The Balaban J connectivity index is 1.53. The highest BCUT2D eigenvalue weighted by atomic mass is 35.5. The zero-order valence-corrected chi connectivity index (χ0v) is 15.6. The number of amides is 1. The zero-order valence-electron chi connectivity index (χ0n) is 14.9. The van der Waals surface area contributed by atoms with Crippen LogP contribution in [0, 0.1) is 6.92 Å². The van der Waals surface area contributed by atoms with E-state index in [1.807, 2.05) is 12.1 Å². The largest absolute Gasteiger partial charge is 0.435 e. The fraction of sp³-hybridized carbons (Fsp3) is 0.278. The Kier molecular flexibility index (Phi) is 5.73. The van der Waals surface area contributed by atoms with E-state index < -0.39 is 11.9 Å². The lowest BCUT2D eigenvalue weighted by Crippen LogP contribution is -2.16. The number of aromatic nitrogens is 4. The summed E-state index contributed by atoms with van der Waals surface area (Å²) in [5, 5.41) is 11.0. The van der Waals surface area contributed by atoms with Crippen molar-refractivity contribution in [2.45, 2.75) is 32.6 Å². The molecule has 10 heteroatoms. The van der Waals surface area contributed by atoms with Crippen molar-refractivity contribution in [2.75, 3.05) is 5.32 Å². The predicted molar refractivity (Wildman–Crippen MR) is 98.0 cm³/mol. The van der Waals surface area contributed by atoms with Crippen LogP contribution in [-0.4, -0.2) is 25.5 Å². The first-order valence-electron chi connectivity index (χ1n) is 8.39. The summed E-state index contributed by atoms with van der Waals surface area (Å²) >= 11 is 5.85. The van der Waals surface area contributed by atoms with Crippen LogP contribution in [0.5, 0.6) is 0 Å². The van der Waals surface area contributed by atoms with Gasteiger partial charge < -0.3 is 5.32 Å². The highest BCUT2D eigenvalue weighted by Crippen LogP contribution is 2.28. The van der Waals surface area contributed by atoms with E-state index in [1.54, 1.807) is 23.0 Å². The lowest BCUT2D eigenvalue weighted by atomic mass is 10.2. The Morgan fingerprint density at radius 1 is 1.25 bits per heavy atom. The number of nitrogens with zero attached hydrogens (tertiary/aromatic N) is 4. The number of aryl methyl sites for hydroxylation is 2. The monoisotopic (exact) mass is 411 g/mol. The molecule has 28 heavy (non-hydrogen) atoms. The van der Waals surface area contributed by atoms with E-state index in [9.17, 15) is 18.0 Å². The standard InChI is InChI=1S/C18H17ClF3N5O/c1-12-8-16(18(20,21)22)25-27(12)7-6-17(28)24-15-9-23-26(11-15)10-13-2-4-14(19)5-3-13/h2-5,8-9,11H,6-7,10H2,1H3,(H,24,28). The van der Waals surface area contributed by atoms with E-state index in [1.165, 1.54) is 17.8 Å².